The minimum atomic E-state index is -2.61. The van der Waals surface area contributed by atoms with Crippen LogP contribution >= 0.6 is 0 Å². The maximum atomic E-state index is 11.1. The van der Waals surface area contributed by atoms with Gasteiger partial charge >= 0.3 is 0 Å². The number of hydrogen-bond donors (Lipinski definition) is 1. The lowest BCUT2D eigenvalue weighted by Gasteiger charge is -2.43. The first-order valence-electron chi connectivity index (χ1n) is 14.7. The Bertz CT molecular complexity index is 1230. The van der Waals surface area contributed by atoms with Gasteiger partial charge < -0.3 is 14.3 Å². The number of rotatable bonds is 13. The second-order valence-corrected chi connectivity index (χ2v) is 16.9. The molecule has 4 heteroatoms. The Balaban J connectivity index is 1.64. The van der Waals surface area contributed by atoms with E-state index in [1.807, 2.05) is 25.1 Å². The van der Waals surface area contributed by atoms with Gasteiger partial charge in [-0.2, -0.15) is 0 Å². The monoisotopic (exact) mass is 568 g/mol. The van der Waals surface area contributed by atoms with Crippen molar-refractivity contribution in [1.29, 1.82) is 0 Å². The maximum Gasteiger partial charge on any atom is 0.261 e. The summed E-state index contributed by atoms with van der Waals surface area (Å²) in [5, 5.41) is 13.5. The number of benzene rings is 3. The van der Waals surface area contributed by atoms with E-state index < -0.39 is 19.8 Å². The van der Waals surface area contributed by atoms with Gasteiger partial charge in [0.2, 0.25) is 0 Å². The molecular formula is C37H48O3Si. The largest absolute Gasteiger partial charge is 0.407 e. The molecule has 0 aromatic heterocycles. The average Bonchev–Trinajstić information content (AvgIpc) is 2.95. The molecule has 0 fully saturated rings. The predicted octanol–water partition coefficient (Wildman–Crippen LogP) is 7.29. The first kappa shape index (κ1) is 32.6. The van der Waals surface area contributed by atoms with E-state index in [2.05, 4.69) is 126 Å². The molecule has 0 aliphatic carbocycles. The predicted molar refractivity (Wildman–Crippen MR) is 175 cm³/mol. The molecule has 2 unspecified atom stereocenters. The van der Waals surface area contributed by atoms with Gasteiger partial charge in [0.25, 0.3) is 8.32 Å². The SMILES string of the molecule is C=C(C)C(CCC#CC(O)C(C)(C)CCO[Si](c1ccccc1)(c1ccccc1)C(C)(C)C)OCc1ccccc1. The van der Waals surface area contributed by atoms with Crippen LogP contribution in [0, 0.1) is 17.3 Å². The van der Waals surface area contributed by atoms with Crippen molar-refractivity contribution in [3.8, 4) is 11.8 Å². The minimum absolute atomic E-state index is 0.0606. The molecule has 3 aromatic rings. The molecule has 0 bridgehead atoms. The summed E-state index contributed by atoms with van der Waals surface area (Å²) in [4.78, 5) is 0. The van der Waals surface area contributed by atoms with E-state index in [0.29, 0.717) is 26.1 Å². The molecule has 0 spiro atoms. The fourth-order valence-electron chi connectivity index (χ4n) is 5.18. The highest BCUT2D eigenvalue weighted by atomic mass is 28.4. The summed E-state index contributed by atoms with van der Waals surface area (Å²) in [5.41, 5.74) is 1.71. The Kier molecular flexibility index (Phi) is 11.8. The highest BCUT2D eigenvalue weighted by Crippen LogP contribution is 2.37. The van der Waals surface area contributed by atoms with Gasteiger partial charge in [0.15, 0.2) is 0 Å². The molecule has 0 radical (unpaired) electrons. The van der Waals surface area contributed by atoms with Crippen LogP contribution in [0.1, 0.15) is 66.4 Å². The Morgan fingerprint density at radius 1 is 0.854 bits per heavy atom. The third-order valence-electron chi connectivity index (χ3n) is 7.84. The molecule has 0 saturated carbocycles. The minimum Gasteiger partial charge on any atom is -0.407 e. The highest BCUT2D eigenvalue weighted by Gasteiger charge is 2.50. The smallest absolute Gasteiger partial charge is 0.261 e. The van der Waals surface area contributed by atoms with Crippen LogP contribution in [0.4, 0.5) is 0 Å². The van der Waals surface area contributed by atoms with Gasteiger partial charge in [-0.05, 0) is 40.7 Å². The fourth-order valence-corrected chi connectivity index (χ4v) is 9.74. The summed E-state index contributed by atoms with van der Waals surface area (Å²) in [6.07, 6.45) is 1.27. The molecule has 0 heterocycles. The van der Waals surface area contributed by atoms with E-state index in [1.165, 1.54) is 10.4 Å². The molecule has 0 aliphatic rings. The topological polar surface area (TPSA) is 38.7 Å². The quantitative estimate of drug-likeness (QED) is 0.134. The van der Waals surface area contributed by atoms with E-state index in [-0.39, 0.29) is 11.1 Å². The zero-order valence-electron chi connectivity index (χ0n) is 25.8. The number of aliphatic hydroxyl groups excluding tert-OH is 1. The van der Waals surface area contributed by atoms with Crippen LogP contribution in [0.15, 0.2) is 103 Å². The van der Waals surface area contributed by atoms with Crippen molar-refractivity contribution in [3.05, 3.63) is 109 Å². The Morgan fingerprint density at radius 3 is 1.85 bits per heavy atom. The maximum absolute atomic E-state index is 11.1. The van der Waals surface area contributed by atoms with Crippen molar-refractivity contribution >= 4 is 18.7 Å². The van der Waals surface area contributed by atoms with Gasteiger partial charge in [-0.25, -0.2) is 0 Å². The lowest BCUT2D eigenvalue weighted by molar-refractivity contribution is 0.0600. The Hall–Kier alpha value is -2.94. The summed E-state index contributed by atoms with van der Waals surface area (Å²) in [7, 11) is -2.61. The Morgan fingerprint density at radius 2 is 1.37 bits per heavy atom. The molecule has 2 atom stereocenters. The van der Waals surface area contributed by atoms with Gasteiger partial charge in [0.05, 0.1) is 12.7 Å². The molecule has 0 aliphatic heterocycles. The second kappa shape index (κ2) is 14.8. The third-order valence-corrected chi connectivity index (χ3v) is 12.9. The van der Waals surface area contributed by atoms with Crippen molar-refractivity contribution in [2.45, 2.75) is 84.7 Å². The van der Waals surface area contributed by atoms with Crippen LogP contribution < -0.4 is 10.4 Å². The molecule has 3 nitrogen and oxygen atoms in total. The van der Waals surface area contributed by atoms with E-state index >= 15 is 0 Å². The fraction of sp³-hybridized carbons (Fsp3) is 0.405. The van der Waals surface area contributed by atoms with Gasteiger partial charge in [0, 0.05) is 18.4 Å². The molecule has 0 amide bonds. The first-order valence-corrected chi connectivity index (χ1v) is 16.6. The molecule has 3 aromatic carbocycles. The number of aliphatic hydroxyl groups is 1. The summed E-state index contributed by atoms with van der Waals surface area (Å²) in [5.74, 6) is 6.31. The van der Waals surface area contributed by atoms with Gasteiger partial charge in [-0.3, -0.25) is 0 Å². The van der Waals surface area contributed by atoms with Gasteiger partial charge in [-0.15, -0.1) is 5.92 Å². The molecular weight excluding hydrogens is 520 g/mol. The van der Waals surface area contributed by atoms with Crippen molar-refractivity contribution in [3.63, 3.8) is 0 Å². The molecule has 218 valence electrons. The third kappa shape index (κ3) is 8.77. The van der Waals surface area contributed by atoms with Gasteiger partial charge in [-0.1, -0.05) is 144 Å². The van der Waals surface area contributed by atoms with Crippen LogP contribution in [0.2, 0.25) is 5.04 Å². The summed E-state index contributed by atoms with van der Waals surface area (Å²) in [6.45, 7) is 18.2. The van der Waals surface area contributed by atoms with E-state index in [9.17, 15) is 5.11 Å². The second-order valence-electron chi connectivity index (χ2n) is 12.6. The molecule has 1 N–H and O–H groups in total. The summed E-state index contributed by atoms with van der Waals surface area (Å²) >= 11 is 0. The average molecular weight is 569 g/mol. The molecule has 41 heavy (non-hydrogen) atoms. The van der Waals surface area contributed by atoms with Crippen molar-refractivity contribution in [2.24, 2.45) is 5.41 Å². The van der Waals surface area contributed by atoms with Crippen molar-refractivity contribution in [1.82, 2.24) is 0 Å². The van der Waals surface area contributed by atoms with E-state index in [0.717, 1.165) is 17.6 Å². The zero-order valence-corrected chi connectivity index (χ0v) is 26.8. The number of hydrogen-bond acceptors (Lipinski definition) is 3. The van der Waals surface area contributed by atoms with Crippen LogP contribution in [0.3, 0.4) is 0 Å². The zero-order chi connectivity index (χ0) is 29.9. The van der Waals surface area contributed by atoms with Crippen molar-refractivity contribution in [2.75, 3.05) is 6.61 Å². The normalized spacial score (nSPS) is 13.6. The lowest BCUT2D eigenvalue weighted by Crippen LogP contribution is -2.66. The van der Waals surface area contributed by atoms with Gasteiger partial charge in [0.1, 0.15) is 6.10 Å². The summed E-state index contributed by atoms with van der Waals surface area (Å²) in [6, 6.07) is 31.5. The first-order chi connectivity index (χ1) is 19.5. The van der Waals surface area contributed by atoms with E-state index in [4.69, 9.17) is 9.16 Å². The van der Waals surface area contributed by atoms with E-state index in [1.54, 1.807) is 0 Å². The van der Waals surface area contributed by atoms with Crippen LogP contribution in [0.25, 0.3) is 0 Å². The standard InChI is InChI=1S/C37H48O3Si/c1-30(2)34(39-29-31-19-11-8-12-20-31)25-17-18-26-35(38)37(6,7)27-28-40-41(36(3,4)5,32-21-13-9-14-22-32)33-23-15-10-16-24-33/h8-16,19-24,34-35,38H,1,17,25,27-29H2,2-7H3. The van der Waals surface area contributed by atoms with Crippen LogP contribution in [-0.4, -0.2) is 32.2 Å². The Labute approximate surface area is 249 Å². The molecule has 3 rings (SSSR count). The van der Waals surface area contributed by atoms with Crippen molar-refractivity contribution < 1.29 is 14.3 Å². The van der Waals surface area contributed by atoms with Crippen LogP contribution in [0.5, 0.6) is 0 Å². The number of ether oxygens (including phenoxy) is 1. The lowest BCUT2D eigenvalue weighted by atomic mass is 9.83. The van der Waals surface area contributed by atoms with Crippen LogP contribution in [-0.2, 0) is 15.8 Å². The summed E-state index contributed by atoms with van der Waals surface area (Å²) < 4.78 is 13.2. The molecule has 0 saturated heterocycles. The highest BCUT2D eigenvalue weighted by molar-refractivity contribution is 6.99.